The van der Waals surface area contributed by atoms with E-state index in [0.29, 0.717) is 5.41 Å². The number of rotatable bonds is 1. The molecule has 1 heteroatoms. The first kappa shape index (κ1) is 9.26. The minimum Gasteiger partial charge on any atom is -0.389 e. The topological polar surface area (TPSA) is 20.2 Å². The standard InChI is InChI=1S/C12H20O/c1-8(13)6-11-9-4-5-10(7-9)12(11,2)3/h6,8-10,13H,4-5,7H2,1-3H3. The van der Waals surface area contributed by atoms with Crippen molar-refractivity contribution in [2.24, 2.45) is 17.3 Å². The fraction of sp³-hybridized carbons (Fsp3) is 0.833. The summed E-state index contributed by atoms with van der Waals surface area (Å²) in [6.45, 7) is 6.53. The van der Waals surface area contributed by atoms with E-state index in [-0.39, 0.29) is 6.10 Å². The van der Waals surface area contributed by atoms with Crippen molar-refractivity contribution in [1.82, 2.24) is 0 Å². The van der Waals surface area contributed by atoms with E-state index in [4.69, 9.17) is 0 Å². The summed E-state index contributed by atoms with van der Waals surface area (Å²) < 4.78 is 0. The van der Waals surface area contributed by atoms with Crippen LogP contribution in [-0.4, -0.2) is 11.2 Å². The number of hydrogen-bond acceptors (Lipinski definition) is 1. The molecule has 0 aromatic heterocycles. The van der Waals surface area contributed by atoms with Crippen LogP contribution in [-0.2, 0) is 0 Å². The molecule has 0 heterocycles. The predicted octanol–water partition coefficient (Wildman–Crippen LogP) is 2.75. The first-order chi connectivity index (χ1) is 6.01. The van der Waals surface area contributed by atoms with Gasteiger partial charge in [0.25, 0.3) is 0 Å². The Labute approximate surface area is 80.8 Å². The van der Waals surface area contributed by atoms with Crippen LogP contribution in [0.5, 0.6) is 0 Å². The van der Waals surface area contributed by atoms with E-state index < -0.39 is 0 Å². The van der Waals surface area contributed by atoms with Gasteiger partial charge in [0.05, 0.1) is 6.10 Å². The van der Waals surface area contributed by atoms with Gasteiger partial charge in [0, 0.05) is 0 Å². The summed E-state index contributed by atoms with van der Waals surface area (Å²) >= 11 is 0. The van der Waals surface area contributed by atoms with Crippen LogP contribution in [0.3, 0.4) is 0 Å². The summed E-state index contributed by atoms with van der Waals surface area (Å²) in [6.07, 6.45) is 5.94. The second kappa shape index (κ2) is 2.84. The zero-order valence-electron chi connectivity index (χ0n) is 8.88. The van der Waals surface area contributed by atoms with Gasteiger partial charge >= 0.3 is 0 Å². The second-order valence-electron chi connectivity index (χ2n) is 5.29. The summed E-state index contributed by atoms with van der Waals surface area (Å²) in [5, 5.41) is 9.40. The molecule has 0 aromatic carbocycles. The van der Waals surface area contributed by atoms with Gasteiger partial charge in [0.2, 0.25) is 0 Å². The molecular formula is C12H20O. The van der Waals surface area contributed by atoms with E-state index in [1.54, 1.807) is 0 Å². The number of aliphatic hydroxyl groups excluding tert-OH is 1. The first-order valence-corrected chi connectivity index (χ1v) is 5.42. The third-order valence-corrected chi connectivity index (χ3v) is 4.06. The van der Waals surface area contributed by atoms with Crippen molar-refractivity contribution in [2.75, 3.05) is 0 Å². The third-order valence-electron chi connectivity index (χ3n) is 4.06. The first-order valence-electron chi connectivity index (χ1n) is 5.42. The zero-order valence-corrected chi connectivity index (χ0v) is 8.88. The molecule has 1 N–H and O–H groups in total. The van der Waals surface area contributed by atoms with Crippen molar-refractivity contribution < 1.29 is 5.11 Å². The maximum atomic E-state index is 9.40. The van der Waals surface area contributed by atoms with Crippen molar-refractivity contribution in [3.8, 4) is 0 Å². The Hall–Kier alpha value is -0.300. The molecule has 0 saturated heterocycles. The van der Waals surface area contributed by atoms with Crippen molar-refractivity contribution in [3.05, 3.63) is 11.6 Å². The molecule has 3 unspecified atom stereocenters. The quantitative estimate of drug-likeness (QED) is 0.615. The van der Waals surface area contributed by atoms with Gasteiger partial charge in [-0.3, -0.25) is 0 Å². The highest BCUT2D eigenvalue weighted by molar-refractivity contribution is 5.26. The molecule has 2 fully saturated rings. The second-order valence-corrected chi connectivity index (χ2v) is 5.29. The Morgan fingerprint density at radius 1 is 1.46 bits per heavy atom. The third kappa shape index (κ3) is 1.34. The molecule has 13 heavy (non-hydrogen) atoms. The van der Waals surface area contributed by atoms with Gasteiger partial charge in [-0.05, 0) is 43.4 Å². The van der Waals surface area contributed by atoms with Crippen molar-refractivity contribution in [2.45, 2.75) is 46.1 Å². The number of allylic oxidation sites excluding steroid dienone is 1. The van der Waals surface area contributed by atoms with Crippen molar-refractivity contribution in [1.29, 1.82) is 0 Å². The average Bonchev–Trinajstić information content (AvgIpc) is 2.53. The molecule has 2 rings (SSSR count). The molecule has 0 aromatic rings. The summed E-state index contributed by atoms with van der Waals surface area (Å²) in [4.78, 5) is 0. The maximum absolute atomic E-state index is 9.40. The van der Waals surface area contributed by atoms with Crippen LogP contribution in [0.2, 0.25) is 0 Å². The van der Waals surface area contributed by atoms with E-state index in [1.807, 2.05) is 6.92 Å². The van der Waals surface area contributed by atoms with E-state index in [9.17, 15) is 5.11 Å². The zero-order chi connectivity index (χ0) is 9.64. The largest absolute Gasteiger partial charge is 0.389 e. The molecule has 2 aliphatic carbocycles. The van der Waals surface area contributed by atoms with Crippen LogP contribution in [0.15, 0.2) is 11.6 Å². The van der Waals surface area contributed by atoms with Gasteiger partial charge in [-0.1, -0.05) is 25.5 Å². The van der Waals surface area contributed by atoms with Crippen molar-refractivity contribution in [3.63, 3.8) is 0 Å². The molecule has 2 saturated carbocycles. The van der Waals surface area contributed by atoms with E-state index in [1.165, 1.54) is 24.8 Å². The van der Waals surface area contributed by atoms with Crippen LogP contribution >= 0.6 is 0 Å². The SMILES string of the molecule is CC(O)C=C1C2CCC(C2)C1(C)C. The number of fused-ring (bicyclic) bond motifs is 2. The van der Waals surface area contributed by atoms with Crippen LogP contribution in [0, 0.1) is 17.3 Å². The smallest absolute Gasteiger partial charge is 0.0695 e. The molecule has 0 spiro atoms. The lowest BCUT2D eigenvalue weighted by molar-refractivity contribution is 0.233. The Morgan fingerprint density at radius 3 is 2.62 bits per heavy atom. The van der Waals surface area contributed by atoms with Gasteiger partial charge in [-0.25, -0.2) is 0 Å². The molecule has 74 valence electrons. The molecule has 3 atom stereocenters. The van der Waals surface area contributed by atoms with E-state index in [0.717, 1.165) is 11.8 Å². The normalized spacial score (nSPS) is 41.4. The number of aliphatic hydroxyl groups is 1. The molecule has 0 aliphatic heterocycles. The molecule has 0 amide bonds. The van der Waals surface area contributed by atoms with Crippen LogP contribution in [0.25, 0.3) is 0 Å². The average molecular weight is 180 g/mol. The molecule has 0 radical (unpaired) electrons. The Balaban J connectivity index is 2.28. The van der Waals surface area contributed by atoms with Gasteiger partial charge in [-0.2, -0.15) is 0 Å². The Kier molecular flexibility index (Phi) is 2.03. The molecular weight excluding hydrogens is 160 g/mol. The minimum atomic E-state index is -0.270. The summed E-state index contributed by atoms with van der Waals surface area (Å²) in [5.41, 5.74) is 1.89. The van der Waals surface area contributed by atoms with Crippen LogP contribution < -0.4 is 0 Å². The van der Waals surface area contributed by atoms with E-state index in [2.05, 4.69) is 19.9 Å². The Bertz CT molecular complexity index is 238. The lowest BCUT2D eigenvalue weighted by Gasteiger charge is -2.33. The maximum Gasteiger partial charge on any atom is 0.0695 e. The van der Waals surface area contributed by atoms with Crippen LogP contribution in [0.1, 0.15) is 40.0 Å². The molecule has 2 aliphatic rings. The summed E-state index contributed by atoms with van der Waals surface area (Å²) in [6, 6.07) is 0. The lowest BCUT2D eigenvalue weighted by atomic mass is 9.72. The number of hydrogen-bond donors (Lipinski definition) is 1. The van der Waals surface area contributed by atoms with Gasteiger partial charge in [0.1, 0.15) is 0 Å². The highest BCUT2D eigenvalue weighted by atomic mass is 16.3. The summed E-state index contributed by atoms with van der Waals surface area (Å²) in [5.74, 6) is 1.66. The van der Waals surface area contributed by atoms with E-state index >= 15 is 0 Å². The minimum absolute atomic E-state index is 0.270. The van der Waals surface area contributed by atoms with Gasteiger partial charge < -0.3 is 5.11 Å². The Morgan fingerprint density at radius 2 is 2.15 bits per heavy atom. The van der Waals surface area contributed by atoms with Crippen LogP contribution in [0.4, 0.5) is 0 Å². The lowest BCUT2D eigenvalue weighted by Crippen LogP contribution is -2.23. The fourth-order valence-corrected chi connectivity index (χ4v) is 3.29. The monoisotopic (exact) mass is 180 g/mol. The summed E-state index contributed by atoms with van der Waals surface area (Å²) in [7, 11) is 0. The highest BCUT2D eigenvalue weighted by Gasteiger charge is 2.48. The molecule has 2 bridgehead atoms. The van der Waals surface area contributed by atoms with Crippen molar-refractivity contribution >= 4 is 0 Å². The van der Waals surface area contributed by atoms with Gasteiger partial charge in [0.15, 0.2) is 0 Å². The molecule has 1 nitrogen and oxygen atoms in total. The fourth-order valence-electron chi connectivity index (χ4n) is 3.29. The van der Waals surface area contributed by atoms with Gasteiger partial charge in [-0.15, -0.1) is 0 Å². The predicted molar refractivity (Wildman–Crippen MR) is 54.4 cm³/mol. The highest BCUT2D eigenvalue weighted by Crippen LogP contribution is 2.58.